The number of aliphatic carboxylic acids is 1. The summed E-state index contributed by atoms with van der Waals surface area (Å²) < 4.78 is 5.39. The minimum absolute atomic E-state index is 0.0771. The van der Waals surface area contributed by atoms with Crippen LogP contribution in [0.4, 0.5) is 4.79 Å². The average molecular weight is 501 g/mol. The van der Waals surface area contributed by atoms with Crippen LogP contribution in [0.15, 0.2) is 30.0 Å². The molecule has 35 heavy (non-hydrogen) atoms. The number of amides is 2. The molecule has 4 saturated carbocycles. The molecule has 4 aliphatic carbocycles. The number of hydrogen-bond acceptors (Lipinski definition) is 3. The van der Waals surface area contributed by atoms with Crippen LogP contribution >= 0.6 is 11.6 Å². The lowest BCUT2D eigenvalue weighted by molar-refractivity contribution is -0.153. The van der Waals surface area contributed by atoms with Gasteiger partial charge < -0.3 is 15.2 Å². The fourth-order valence-electron chi connectivity index (χ4n) is 6.91. The van der Waals surface area contributed by atoms with Crippen molar-refractivity contribution >= 4 is 23.6 Å². The van der Waals surface area contributed by atoms with Crippen molar-refractivity contribution < 1.29 is 19.4 Å². The number of ether oxygens (including phenoxy) is 1. The van der Waals surface area contributed by atoms with Crippen LogP contribution in [-0.4, -0.2) is 41.8 Å². The zero-order chi connectivity index (χ0) is 25.1. The first-order valence-electron chi connectivity index (χ1n) is 12.9. The van der Waals surface area contributed by atoms with Gasteiger partial charge in [-0.15, -0.1) is 0 Å². The number of benzene rings is 1. The molecule has 0 saturated heterocycles. The Morgan fingerprint density at radius 3 is 2.57 bits per heavy atom. The van der Waals surface area contributed by atoms with E-state index in [9.17, 15) is 14.7 Å². The summed E-state index contributed by atoms with van der Waals surface area (Å²) in [5.74, 6) is 1.48. The Labute approximate surface area is 213 Å². The molecular weight excluding hydrogens is 464 g/mol. The number of urea groups is 1. The molecule has 0 radical (unpaired) electrons. The summed E-state index contributed by atoms with van der Waals surface area (Å²) in [4.78, 5) is 26.9. The second-order valence-electron chi connectivity index (χ2n) is 11.8. The molecule has 2 atom stereocenters. The van der Waals surface area contributed by atoms with Crippen molar-refractivity contribution in [1.82, 2.24) is 10.2 Å². The van der Waals surface area contributed by atoms with Crippen molar-refractivity contribution in [2.24, 2.45) is 23.2 Å². The second kappa shape index (κ2) is 8.81. The monoisotopic (exact) mass is 500 g/mol. The van der Waals surface area contributed by atoms with Crippen molar-refractivity contribution in [1.29, 1.82) is 0 Å². The van der Waals surface area contributed by atoms with Gasteiger partial charge >= 0.3 is 12.0 Å². The molecule has 1 heterocycles. The van der Waals surface area contributed by atoms with E-state index in [0.29, 0.717) is 44.1 Å². The van der Waals surface area contributed by atoms with Gasteiger partial charge in [-0.3, -0.25) is 9.69 Å². The van der Waals surface area contributed by atoms with Gasteiger partial charge in [0.15, 0.2) is 0 Å². The maximum absolute atomic E-state index is 13.4. The normalized spacial score (nSPS) is 35.9. The first-order valence-corrected chi connectivity index (χ1v) is 13.3. The molecule has 4 fully saturated rings. The van der Waals surface area contributed by atoms with Crippen molar-refractivity contribution in [2.45, 2.75) is 76.8 Å². The molecule has 0 aromatic heterocycles. The predicted molar refractivity (Wildman–Crippen MR) is 135 cm³/mol. The molecule has 2 bridgehead atoms. The highest BCUT2D eigenvalue weighted by Crippen LogP contribution is 2.61. The maximum Gasteiger partial charge on any atom is 0.322 e. The number of carboxylic acid groups (broad SMARTS) is 1. The van der Waals surface area contributed by atoms with Gasteiger partial charge in [0.1, 0.15) is 0 Å². The number of hydrogen-bond donors (Lipinski definition) is 2. The fraction of sp³-hybridized carbons (Fsp3) is 0.643. The van der Waals surface area contributed by atoms with Crippen LogP contribution in [0.1, 0.15) is 76.3 Å². The molecule has 1 unspecified atom stereocenters. The number of fused-ring (bicyclic) bond motifs is 1. The number of nitrogens with zero attached hydrogens (tertiary/aromatic N) is 1. The largest absolute Gasteiger partial charge is 0.481 e. The second-order valence-corrected chi connectivity index (χ2v) is 12.2. The lowest BCUT2D eigenvalue weighted by Crippen LogP contribution is -2.56. The third-order valence-electron chi connectivity index (χ3n) is 9.50. The molecule has 1 aliphatic heterocycles. The molecule has 1 aromatic rings. The minimum atomic E-state index is -0.733. The number of halogens is 1. The van der Waals surface area contributed by atoms with Gasteiger partial charge in [0, 0.05) is 24.4 Å². The van der Waals surface area contributed by atoms with Crippen molar-refractivity contribution in [3.63, 3.8) is 0 Å². The molecule has 190 valence electrons. The van der Waals surface area contributed by atoms with Crippen LogP contribution < -0.4 is 5.32 Å². The molecular formula is C28H37ClN2O4. The summed E-state index contributed by atoms with van der Waals surface area (Å²) in [6.45, 7) is 7.13. The molecule has 7 heteroatoms. The lowest BCUT2D eigenvalue weighted by atomic mass is 9.67. The van der Waals surface area contributed by atoms with E-state index in [0.717, 1.165) is 22.1 Å². The number of rotatable bonds is 8. The highest BCUT2D eigenvalue weighted by molar-refractivity contribution is 6.31. The summed E-state index contributed by atoms with van der Waals surface area (Å²) in [6.07, 6.45) is 6.81. The lowest BCUT2D eigenvalue weighted by Gasteiger charge is -2.44. The topological polar surface area (TPSA) is 78.9 Å². The zero-order valence-corrected chi connectivity index (χ0v) is 21.9. The summed E-state index contributed by atoms with van der Waals surface area (Å²) in [7, 11) is 1.67. The van der Waals surface area contributed by atoms with Gasteiger partial charge in [-0.2, -0.15) is 0 Å². The Balaban J connectivity index is 1.41. The summed E-state index contributed by atoms with van der Waals surface area (Å²) >= 11 is 6.81. The fourth-order valence-corrected chi connectivity index (χ4v) is 7.25. The van der Waals surface area contributed by atoms with Crippen molar-refractivity contribution in [3.8, 4) is 0 Å². The van der Waals surface area contributed by atoms with Crippen molar-refractivity contribution in [3.05, 3.63) is 46.1 Å². The maximum atomic E-state index is 13.4. The Kier molecular flexibility index (Phi) is 6.20. The first-order chi connectivity index (χ1) is 16.6. The van der Waals surface area contributed by atoms with E-state index in [-0.39, 0.29) is 18.0 Å². The van der Waals surface area contributed by atoms with Gasteiger partial charge in [0.25, 0.3) is 0 Å². The minimum Gasteiger partial charge on any atom is -0.481 e. The molecule has 2 amide bonds. The number of methoxy groups -OCH3 is 1. The summed E-state index contributed by atoms with van der Waals surface area (Å²) in [5.41, 5.74) is 1.84. The Hall–Kier alpha value is -2.05. The van der Waals surface area contributed by atoms with Crippen LogP contribution in [0.25, 0.3) is 0 Å². The molecule has 0 spiro atoms. The van der Waals surface area contributed by atoms with Crippen LogP contribution in [-0.2, 0) is 15.1 Å². The Bertz CT molecular complexity index is 1060. The van der Waals surface area contributed by atoms with Crippen LogP contribution in [0.3, 0.4) is 0 Å². The van der Waals surface area contributed by atoms with Gasteiger partial charge in [0.2, 0.25) is 0 Å². The van der Waals surface area contributed by atoms with Gasteiger partial charge in [-0.1, -0.05) is 37.6 Å². The smallest absolute Gasteiger partial charge is 0.322 e. The molecule has 5 aliphatic rings. The predicted octanol–water partition coefficient (Wildman–Crippen LogP) is 5.90. The standard InChI is InChI=1S/C28H37ClN2O4/c1-16(2)17-9-18(10-17)22-6-5-20(11-23(22)29)27(3)21(7-8-35-4)15-31(26(34)30-27)24-14-28(25(32)33)12-19(24)13-28/h5-6,11,15-19,24H,7-10,12-14H2,1-4H3,(H,30,34)(H,32,33)/t17?,18?,19?,24?,27-,28?/m0/s1. The van der Waals surface area contributed by atoms with Crippen molar-refractivity contribution in [2.75, 3.05) is 13.7 Å². The average Bonchev–Trinajstić information content (AvgIpc) is 3.30. The molecule has 6 rings (SSSR count). The molecule has 1 aromatic carbocycles. The Morgan fingerprint density at radius 1 is 1.29 bits per heavy atom. The van der Waals surface area contributed by atoms with E-state index in [2.05, 4.69) is 31.3 Å². The van der Waals surface area contributed by atoms with Gasteiger partial charge in [-0.25, -0.2) is 4.79 Å². The molecule has 6 nitrogen and oxygen atoms in total. The Morgan fingerprint density at radius 2 is 2.00 bits per heavy atom. The zero-order valence-electron chi connectivity index (χ0n) is 21.1. The van der Waals surface area contributed by atoms with E-state index < -0.39 is 16.9 Å². The third kappa shape index (κ3) is 3.97. The van der Waals surface area contributed by atoms with E-state index in [1.54, 1.807) is 12.0 Å². The van der Waals surface area contributed by atoms with Crippen LogP contribution in [0.2, 0.25) is 5.02 Å². The number of nitrogens with one attached hydrogen (secondary N) is 1. The summed E-state index contributed by atoms with van der Waals surface area (Å²) in [6, 6.07) is 6.01. The van der Waals surface area contributed by atoms with E-state index in [1.165, 1.54) is 18.4 Å². The molecule has 2 N–H and O–H groups in total. The number of carbonyl (C=O) groups is 2. The quantitative estimate of drug-likeness (QED) is 0.465. The number of carboxylic acids is 1. The van der Waals surface area contributed by atoms with Gasteiger partial charge in [-0.05, 0) is 91.9 Å². The van der Waals surface area contributed by atoms with Gasteiger partial charge in [0.05, 0.1) is 17.6 Å². The summed E-state index contributed by atoms with van der Waals surface area (Å²) in [5, 5.41) is 13.7. The SMILES string of the molecule is COCCC1=CN(C2CC3(C(=O)O)CC2C3)C(=O)N[C@@]1(C)c1ccc(C2CC(C(C)C)C2)c(Cl)c1. The van der Waals surface area contributed by atoms with E-state index in [4.69, 9.17) is 16.3 Å². The third-order valence-corrected chi connectivity index (χ3v) is 9.83. The highest BCUT2D eigenvalue weighted by atomic mass is 35.5. The van der Waals surface area contributed by atoms with Crippen LogP contribution in [0.5, 0.6) is 0 Å². The first kappa shape index (κ1) is 24.6. The number of carbonyl (C=O) groups excluding carboxylic acids is 1. The van der Waals surface area contributed by atoms with E-state index in [1.807, 2.05) is 19.2 Å². The highest BCUT2D eigenvalue weighted by Gasteiger charge is 2.63. The van der Waals surface area contributed by atoms with Crippen LogP contribution in [0, 0.1) is 23.2 Å². The van der Waals surface area contributed by atoms with E-state index >= 15 is 0 Å².